The lowest BCUT2D eigenvalue weighted by molar-refractivity contribution is 0.322. The average Bonchev–Trinajstić information content (AvgIpc) is 1.99. The lowest BCUT2D eigenvalue weighted by atomic mass is 10.3. The number of aliphatic hydroxyl groups excluding tert-OH is 1. The zero-order chi connectivity index (χ0) is 8.97. The summed E-state index contributed by atoms with van der Waals surface area (Å²) in [7, 11) is 0. The molecule has 0 aliphatic carbocycles. The number of hydrogen-bond donors (Lipinski definition) is 1. The molecule has 0 saturated heterocycles. The van der Waals surface area contributed by atoms with Crippen molar-refractivity contribution in [1.29, 1.82) is 0 Å². The molecule has 0 aliphatic rings. The standard InChI is InChI=1S/C9H13NOS/c1-7-5-9(12-4-3-11)6-8(2)10-7/h5-6,11H,3-4H2,1-2H3. The minimum absolute atomic E-state index is 0.227. The maximum Gasteiger partial charge on any atom is 0.0525 e. The Morgan fingerprint density at radius 1 is 1.33 bits per heavy atom. The number of thioether (sulfide) groups is 1. The summed E-state index contributed by atoms with van der Waals surface area (Å²) in [6, 6.07) is 4.07. The fourth-order valence-corrected chi connectivity index (χ4v) is 1.88. The molecule has 0 spiro atoms. The van der Waals surface area contributed by atoms with E-state index in [2.05, 4.69) is 4.98 Å². The molecule has 1 aromatic rings. The van der Waals surface area contributed by atoms with Gasteiger partial charge in [0.2, 0.25) is 0 Å². The summed E-state index contributed by atoms with van der Waals surface area (Å²) in [5.74, 6) is 0.753. The van der Waals surface area contributed by atoms with Crippen LogP contribution in [0.3, 0.4) is 0 Å². The van der Waals surface area contributed by atoms with Gasteiger partial charge in [0.05, 0.1) is 6.61 Å². The summed E-state index contributed by atoms with van der Waals surface area (Å²) in [6.07, 6.45) is 0. The minimum atomic E-state index is 0.227. The van der Waals surface area contributed by atoms with Gasteiger partial charge >= 0.3 is 0 Å². The highest BCUT2D eigenvalue weighted by Crippen LogP contribution is 2.18. The Hall–Kier alpha value is -0.540. The van der Waals surface area contributed by atoms with Gasteiger partial charge in [0.15, 0.2) is 0 Å². The molecule has 0 radical (unpaired) electrons. The molecule has 12 heavy (non-hydrogen) atoms. The van der Waals surface area contributed by atoms with E-state index < -0.39 is 0 Å². The van der Waals surface area contributed by atoms with Crippen LogP contribution in [0, 0.1) is 13.8 Å². The molecule has 2 nitrogen and oxygen atoms in total. The lowest BCUT2D eigenvalue weighted by Gasteiger charge is -2.02. The van der Waals surface area contributed by atoms with Crippen molar-refractivity contribution in [3.63, 3.8) is 0 Å². The van der Waals surface area contributed by atoms with Crippen LogP contribution in [0.2, 0.25) is 0 Å². The van der Waals surface area contributed by atoms with E-state index in [1.165, 1.54) is 4.90 Å². The molecule has 0 unspecified atom stereocenters. The highest BCUT2D eigenvalue weighted by atomic mass is 32.2. The molecule has 0 aromatic carbocycles. The van der Waals surface area contributed by atoms with Gasteiger partial charge in [0.25, 0.3) is 0 Å². The Balaban J connectivity index is 2.72. The van der Waals surface area contributed by atoms with E-state index >= 15 is 0 Å². The van der Waals surface area contributed by atoms with Gasteiger partial charge in [-0.3, -0.25) is 4.98 Å². The second kappa shape index (κ2) is 4.48. The number of aromatic nitrogens is 1. The molecular formula is C9H13NOS. The molecule has 0 atom stereocenters. The van der Waals surface area contributed by atoms with Crippen molar-refractivity contribution >= 4 is 11.8 Å². The molecule has 1 heterocycles. The first-order valence-corrected chi connectivity index (χ1v) is 4.90. The summed E-state index contributed by atoms with van der Waals surface area (Å²) in [5.41, 5.74) is 2.07. The molecule has 0 fully saturated rings. The Kier molecular flexibility index (Phi) is 3.56. The Bertz CT molecular complexity index is 242. The van der Waals surface area contributed by atoms with E-state index in [-0.39, 0.29) is 6.61 Å². The van der Waals surface area contributed by atoms with E-state index in [1.54, 1.807) is 11.8 Å². The lowest BCUT2D eigenvalue weighted by Crippen LogP contribution is -1.89. The third-order valence-corrected chi connectivity index (χ3v) is 2.37. The van der Waals surface area contributed by atoms with Gasteiger partial charge in [-0.15, -0.1) is 11.8 Å². The van der Waals surface area contributed by atoms with Gasteiger partial charge in [-0.05, 0) is 26.0 Å². The monoisotopic (exact) mass is 183 g/mol. The topological polar surface area (TPSA) is 33.1 Å². The van der Waals surface area contributed by atoms with Crippen LogP contribution in [0.5, 0.6) is 0 Å². The Morgan fingerprint density at radius 3 is 2.42 bits per heavy atom. The van der Waals surface area contributed by atoms with Gasteiger partial charge in [0.1, 0.15) is 0 Å². The van der Waals surface area contributed by atoms with Crippen molar-refractivity contribution in [2.24, 2.45) is 0 Å². The summed E-state index contributed by atoms with van der Waals surface area (Å²) >= 11 is 1.66. The number of aryl methyl sites for hydroxylation is 2. The predicted molar refractivity (Wildman–Crippen MR) is 51.5 cm³/mol. The Labute approximate surface area is 77.0 Å². The van der Waals surface area contributed by atoms with Crippen molar-refractivity contribution < 1.29 is 5.11 Å². The normalized spacial score (nSPS) is 10.2. The summed E-state index contributed by atoms with van der Waals surface area (Å²) in [4.78, 5) is 5.46. The van der Waals surface area contributed by atoms with E-state index in [9.17, 15) is 0 Å². The quantitative estimate of drug-likeness (QED) is 0.725. The predicted octanol–water partition coefficient (Wildman–Crippen LogP) is 1.78. The van der Waals surface area contributed by atoms with Crippen LogP contribution >= 0.6 is 11.8 Å². The number of nitrogens with zero attached hydrogens (tertiary/aromatic N) is 1. The van der Waals surface area contributed by atoms with E-state index in [1.807, 2.05) is 26.0 Å². The van der Waals surface area contributed by atoms with Crippen molar-refractivity contribution in [2.45, 2.75) is 18.7 Å². The summed E-state index contributed by atoms with van der Waals surface area (Å²) < 4.78 is 0. The van der Waals surface area contributed by atoms with Gasteiger partial charge in [-0.2, -0.15) is 0 Å². The first-order chi connectivity index (χ1) is 5.72. The smallest absolute Gasteiger partial charge is 0.0525 e. The number of pyridine rings is 1. The second-order valence-electron chi connectivity index (χ2n) is 2.66. The highest BCUT2D eigenvalue weighted by Gasteiger charge is 1.96. The SMILES string of the molecule is Cc1cc(SCCO)cc(C)n1. The van der Waals surface area contributed by atoms with Crippen LogP contribution in [-0.4, -0.2) is 22.5 Å². The Morgan fingerprint density at radius 2 is 1.92 bits per heavy atom. The van der Waals surface area contributed by atoms with Gasteiger partial charge in [0, 0.05) is 22.0 Å². The first kappa shape index (κ1) is 9.55. The average molecular weight is 183 g/mol. The molecule has 1 aromatic heterocycles. The fraction of sp³-hybridized carbons (Fsp3) is 0.444. The zero-order valence-corrected chi connectivity index (χ0v) is 8.19. The molecule has 0 saturated carbocycles. The second-order valence-corrected chi connectivity index (χ2v) is 3.83. The van der Waals surface area contributed by atoms with Gasteiger partial charge in [-0.1, -0.05) is 0 Å². The van der Waals surface area contributed by atoms with Crippen LogP contribution < -0.4 is 0 Å². The van der Waals surface area contributed by atoms with E-state index in [0.29, 0.717) is 0 Å². The highest BCUT2D eigenvalue weighted by molar-refractivity contribution is 7.99. The van der Waals surface area contributed by atoms with Gasteiger partial charge < -0.3 is 5.11 Å². The largest absolute Gasteiger partial charge is 0.396 e. The fourth-order valence-electron chi connectivity index (χ4n) is 1.04. The number of aliphatic hydroxyl groups is 1. The van der Waals surface area contributed by atoms with Crippen molar-refractivity contribution in [3.05, 3.63) is 23.5 Å². The molecule has 0 aliphatic heterocycles. The molecule has 66 valence electrons. The molecule has 3 heteroatoms. The zero-order valence-electron chi connectivity index (χ0n) is 7.37. The molecule has 0 amide bonds. The van der Waals surface area contributed by atoms with Crippen molar-refractivity contribution in [1.82, 2.24) is 4.98 Å². The third kappa shape index (κ3) is 2.83. The van der Waals surface area contributed by atoms with Crippen LogP contribution in [0.15, 0.2) is 17.0 Å². The van der Waals surface area contributed by atoms with Crippen LogP contribution in [0.25, 0.3) is 0 Å². The minimum Gasteiger partial charge on any atom is -0.396 e. The van der Waals surface area contributed by atoms with E-state index in [4.69, 9.17) is 5.11 Å². The summed E-state index contributed by atoms with van der Waals surface area (Å²) in [6.45, 7) is 4.19. The summed E-state index contributed by atoms with van der Waals surface area (Å²) in [5, 5.41) is 8.63. The maximum atomic E-state index is 8.63. The number of rotatable bonds is 3. The van der Waals surface area contributed by atoms with Crippen molar-refractivity contribution in [2.75, 3.05) is 12.4 Å². The third-order valence-electron chi connectivity index (χ3n) is 1.42. The number of hydrogen-bond acceptors (Lipinski definition) is 3. The van der Waals surface area contributed by atoms with Crippen LogP contribution in [0.1, 0.15) is 11.4 Å². The first-order valence-electron chi connectivity index (χ1n) is 3.91. The molecule has 1 rings (SSSR count). The molecule has 1 N–H and O–H groups in total. The molecule has 0 bridgehead atoms. The van der Waals surface area contributed by atoms with Gasteiger partial charge in [-0.25, -0.2) is 0 Å². The van der Waals surface area contributed by atoms with Crippen molar-refractivity contribution in [3.8, 4) is 0 Å². The van der Waals surface area contributed by atoms with Crippen LogP contribution in [-0.2, 0) is 0 Å². The molecular weight excluding hydrogens is 170 g/mol. The van der Waals surface area contributed by atoms with Crippen LogP contribution in [0.4, 0.5) is 0 Å². The van der Waals surface area contributed by atoms with E-state index in [0.717, 1.165) is 17.1 Å². The maximum absolute atomic E-state index is 8.63.